The third kappa shape index (κ3) is 32.6. The number of rotatable bonds is 23. The van der Waals surface area contributed by atoms with E-state index in [1.165, 1.54) is 55.8 Å². The highest BCUT2D eigenvalue weighted by Gasteiger charge is 2.17. The minimum Gasteiger partial charge on any atom is -0.497 e. The van der Waals surface area contributed by atoms with E-state index in [0.717, 1.165) is 29.1 Å². The van der Waals surface area contributed by atoms with Gasteiger partial charge in [-0.3, -0.25) is 28.8 Å². The lowest BCUT2D eigenvalue weighted by Gasteiger charge is -2.16. The van der Waals surface area contributed by atoms with Gasteiger partial charge in [-0.2, -0.15) is 0 Å². The molecule has 29 heteroatoms. The van der Waals surface area contributed by atoms with Crippen molar-refractivity contribution >= 4 is 137 Å². The molecule has 6 rings (SSSR count). The van der Waals surface area contributed by atoms with Crippen LogP contribution in [0.3, 0.4) is 0 Å². The Morgan fingerprint density at radius 3 is 1.00 bits per heavy atom. The molecule has 0 saturated carbocycles. The summed E-state index contributed by atoms with van der Waals surface area (Å²) in [5.41, 5.74) is 5.42. The van der Waals surface area contributed by atoms with Crippen molar-refractivity contribution in [1.29, 1.82) is 0 Å². The lowest BCUT2D eigenvalue weighted by Crippen LogP contribution is -2.09. The number of aliphatic hydroxyl groups is 2. The van der Waals surface area contributed by atoms with Crippen LogP contribution in [0.1, 0.15) is 79.4 Å². The predicted octanol–water partition coefficient (Wildman–Crippen LogP) is 12.5. The summed E-state index contributed by atoms with van der Waals surface area (Å²) in [5, 5.41) is 33.8. The second-order valence-electron chi connectivity index (χ2n) is 19.3. The second-order valence-corrected chi connectivity index (χ2v) is 22.6. The topological polar surface area (TPSA) is 326 Å². The highest BCUT2D eigenvalue weighted by atomic mass is 127. The molecule has 6 amide bonds. The molecule has 6 aromatic rings. The Morgan fingerprint density at radius 1 is 0.347 bits per heavy atom. The maximum atomic E-state index is 11.3. The van der Waals surface area contributed by atoms with Crippen molar-refractivity contribution in [3.8, 4) is 80.8 Å². The molecule has 0 bridgehead atoms. The predicted molar refractivity (Wildman–Crippen MR) is 407 cm³/mol. The molecule has 26 nitrogen and oxygen atoms in total. The first-order valence-electron chi connectivity index (χ1n) is 29.0. The van der Waals surface area contributed by atoms with Crippen molar-refractivity contribution in [2.24, 2.45) is 0 Å². The van der Waals surface area contributed by atoms with Gasteiger partial charge in [0, 0.05) is 150 Å². The Labute approximate surface area is 615 Å². The number of nitrogens with one attached hydrogen (secondary N) is 6. The molecule has 0 radical (unpaired) electrons. The molecule has 8 N–H and O–H groups in total. The zero-order chi connectivity index (χ0) is 73.3. The van der Waals surface area contributed by atoms with Gasteiger partial charge in [0.1, 0.15) is 69.0 Å². The molecule has 0 fully saturated rings. The maximum Gasteiger partial charge on any atom is 0.221 e. The monoisotopic (exact) mass is 1700 g/mol. The molecule has 0 atom stereocenters. The van der Waals surface area contributed by atoms with Crippen LogP contribution in [0.15, 0.2) is 78.9 Å². The molecule has 0 spiro atoms. The van der Waals surface area contributed by atoms with Crippen molar-refractivity contribution in [3.63, 3.8) is 0 Å². The Bertz CT molecular complexity index is 3500. The van der Waals surface area contributed by atoms with Crippen LogP contribution in [-0.4, -0.2) is 144 Å². The first kappa shape index (κ1) is 89.4. The fraction of sp³-hybridized carbons (Fsp3) is 0.362. The maximum absolute atomic E-state index is 11.3. The molecule has 0 aliphatic rings. The van der Waals surface area contributed by atoms with Crippen LogP contribution in [0.4, 0.5) is 34.1 Å². The number of carbonyl (C=O) groups excluding carboxylic acids is 6. The van der Waals surface area contributed by atoms with Crippen molar-refractivity contribution in [2.75, 3.05) is 130 Å². The largest absolute Gasteiger partial charge is 0.497 e. The minimum absolute atomic E-state index is 0. The number of aliphatic hydroxyl groups excluding tert-OH is 2. The SMILES string of the molecule is C.COc1cc(NC(C)=O)c(C#CCCO)c(OC)c1.COc1cc(NC(C)=O)c(CCCCO)c(OC)c1.COc1cc(NC(C)=O)c(I)c(OC)c1.COc1cc(NC(C)=O)c(I)c(OC)c1.COc1cc(NC(C)=O)cc(OC)c1.COc1cc(NC(C)=O)cc(OC)c1I. The fourth-order valence-corrected chi connectivity index (χ4v) is 9.94. The van der Waals surface area contributed by atoms with Gasteiger partial charge in [-0.15, -0.1) is 0 Å². The normalized spacial score (nSPS) is 9.50. The van der Waals surface area contributed by atoms with Gasteiger partial charge in [0.25, 0.3) is 0 Å². The van der Waals surface area contributed by atoms with E-state index in [1.54, 1.807) is 150 Å². The fourth-order valence-electron chi connectivity index (χ4n) is 7.85. The number of hydrogen-bond acceptors (Lipinski definition) is 20. The second kappa shape index (κ2) is 49.0. The van der Waals surface area contributed by atoms with E-state index in [2.05, 4.69) is 112 Å². The quantitative estimate of drug-likeness (QED) is 0.0168. The highest BCUT2D eigenvalue weighted by Crippen LogP contribution is 2.38. The zero-order valence-electron chi connectivity index (χ0n) is 57.6. The Morgan fingerprint density at radius 2 is 0.653 bits per heavy atom. The van der Waals surface area contributed by atoms with E-state index in [-0.39, 0.29) is 56.1 Å². The van der Waals surface area contributed by atoms with Gasteiger partial charge < -0.3 is 99.0 Å². The molecule has 538 valence electrons. The molecule has 0 unspecified atom stereocenters. The average Bonchev–Trinajstić information content (AvgIpc) is 0.860. The highest BCUT2D eigenvalue weighted by molar-refractivity contribution is 14.1. The molecule has 0 aliphatic heterocycles. The number of unbranched alkanes of at least 4 members (excludes halogenated alkanes) is 1. The van der Waals surface area contributed by atoms with Crippen LogP contribution in [0.2, 0.25) is 0 Å². The lowest BCUT2D eigenvalue weighted by atomic mass is 10.0. The van der Waals surface area contributed by atoms with Crippen LogP contribution in [0.5, 0.6) is 69.0 Å². The van der Waals surface area contributed by atoms with E-state index < -0.39 is 0 Å². The summed E-state index contributed by atoms with van der Waals surface area (Å²) in [6.45, 7) is 8.85. The Kier molecular flexibility index (Phi) is 44.7. The van der Waals surface area contributed by atoms with Crippen LogP contribution in [-0.2, 0) is 35.2 Å². The summed E-state index contributed by atoms with van der Waals surface area (Å²) in [7, 11) is 18.8. The third-order valence-electron chi connectivity index (χ3n) is 12.1. The molecular formula is C69H91I3N6O20. The van der Waals surface area contributed by atoms with Crippen LogP contribution >= 0.6 is 67.8 Å². The van der Waals surface area contributed by atoms with Crippen molar-refractivity contribution in [2.45, 2.75) is 74.7 Å². The number of amides is 6. The van der Waals surface area contributed by atoms with E-state index in [9.17, 15) is 28.8 Å². The van der Waals surface area contributed by atoms with Gasteiger partial charge in [-0.1, -0.05) is 19.3 Å². The number of methoxy groups -OCH3 is 12. The summed E-state index contributed by atoms with van der Waals surface area (Å²) < 4.78 is 64.5. The average molecular weight is 1710 g/mol. The van der Waals surface area contributed by atoms with Crippen LogP contribution < -0.4 is 88.7 Å². The van der Waals surface area contributed by atoms with Crippen molar-refractivity contribution in [3.05, 3.63) is 101 Å². The summed E-state index contributed by atoms with van der Waals surface area (Å²) in [4.78, 5) is 66.1. The lowest BCUT2D eigenvalue weighted by molar-refractivity contribution is -0.115. The van der Waals surface area contributed by atoms with E-state index in [1.807, 2.05) is 0 Å². The molecule has 0 aromatic heterocycles. The number of ether oxygens (including phenoxy) is 12. The molecule has 0 saturated heterocycles. The summed E-state index contributed by atoms with van der Waals surface area (Å²) >= 11 is 6.35. The minimum atomic E-state index is -0.208. The van der Waals surface area contributed by atoms with Gasteiger partial charge in [-0.05, 0) is 87.0 Å². The van der Waals surface area contributed by atoms with E-state index >= 15 is 0 Å². The molecule has 6 aromatic carbocycles. The van der Waals surface area contributed by atoms with Crippen molar-refractivity contribution in [1.82, 2.24) is 0 Å². The molecule has 0 heterocycles. The smallest absolute Gasteiger partial charge is 0.221 e. The van der Waals surface area contributed by atoms with Gasteiger partial charge in [0.05, 0.1) is 131 Å². The third-order valence-corrected chi connectivity index (χ3v) is 15.4. The van der Waals surface area contributed by atoms with Gasteiger partial charge in [-0.25, -0.2) is 0 Å². The first-order valence-corrected chi connectivity index (χ1v) is 32.2. The summed E-state index contributed by atoms with van der Waals surface area (Å²) in [5.74, 6) is 12.5. The van der Waals surface area contributed by atoms with Crippen LogP contribution in [0.25, 0.3) is 0 Å². The van der Waals surface area contributed by atoms with Crippen molar-refractivity contribution < 1.29 is 95.8 Å². The molecule has 0 aliphatic carbocycles. The number of carbonyl (C=O) groups is 6. The molecular weight excluding hydrogens is 1610 g/mol. The van der Waals surface area contributed by atoms with E-state index in [4.69, 9.17) is 67.1 Å². The first-order chi connectivity index (χ1) is 46.1. The van der Waals surface area contributed by atoms with Gasteiger partial charge >= 0.3 is 0 Å². The van der Waals surface area contributed by atoms with Crippen LogP contribution in [0, 0.1) is 22.6 Å². The van der Waals surface area contributed by atoms with Gasteiger partial charge in [0.15, 0.2) is 0 Å². The Balaban J connectivity index is 0.00000115. The number of anilines is 6. The standard InChI is InChI=1S/C14H21NO4.C14H17NO4.3C10H12INO3.C10H13NO3.CH4/c2*1-10(17)15-13-8-11(18-2)9-14(19-3)12(13)6-4-5-7-16;2*1-6(13)12-8-4-7(14-2)5-9(15-3)10(8)11;1-6(13)12-7-4-8(14-2)10(11)9(5-7)15-3;1-7(12)11-8-4-9(13-2)6-10(5-8)14-3;/h8-9,16H,4-7H2,1-3H3,(H,15,17);8-9,16H,5,7H2,1-3H3,(H,15,17);3*4-5H,1-3H3,(H,12,13);4-6H,1-3H3,(H,11,12);1H4. The van der Waals surface area contributed by atoms with Gasteiger partial charge in [0.2, 0.25) is 35.4 Å². The number of halogens is 3. The van der Waals surface area contributed by atoms with E-state index in [0.29, 0.717) is 122 Å². The summed E-state index contributed by atoms with van der Waals surface area (Å²) in [6, 6.07) is 22.7. The number of hydrogen-bond donors (Lipinski definition) is 8. The zero-order valence-corrected chi connectivity index (χ0v) is 64.1. The number of benzene rings is 6. The molecule has 98 heavy (non-hydrogen) atoms. The summed E-state index contributed by atoms with van der Waals surface area (Å²) in [6.07, 6.45) is 2.62. The Hall–Kier alpha value is -8.59.